The number of carbonyl (C=O) groups excluding carboxylic acids is 1. The van der Waals surface area contributed by atoms with E-state index in [0.29, 0.717) is 11.6 Å². The summed E-state index contributed by atoms with van der Waals surface area (Å²) in [5.74, 6) is 0.266. The minimum Gasteiger partial charge on any atom is -0.376 e. The van der Waals surface area contributed by atoms with Gasteiger partial charge in [-0.3, -0.25) is 4.79 Å². The van der Waals surface area contributed by atoms with Crippen molar-refractivity contribution in [2.75, 3.05) is 11.9 Å². The summed E-state index contributed by atoms with van der Waals surface area (Å²) in [5.41, 5.74) is -0.206. The molecular weight excluding hydrogens is 305 g/mol. The number of hydrogen-bond donors (Lipinski definition) is 2. The Morgan fingerprint density at radius 3 is 2.61 bits per heavy atom. The highest BCUT2D eigenvalue weighted by molar-refractivity contribution is 5.81. The molecule has 1 aliphatic rings. The number of amides is 1. The van der Waals surface area contributed by atoms with E-state index >= 15 is 0 Å². The van der Waals surface area contributed by atoms with Crippen LogP contribution in [-0.2, 0) is 11.0 Å². The van der Waals surface area contributed by atoms with Crippen molar-refractivity contribution in [2.24, 2.45) is 5.92 Å². The molecule has 0 aliphatic heterocycles. The molecule has 1 aliphatic carbocycles. The van der Waals surface area contributed by atoms with Gasteiger partial charge < -0.3 is 10.6 Å². The summed E-state index contributed by atoms with van der Waals surface area (Å²) in [6.07, 6.45) is -0.0203. The number of halogens is 3. The summed E-state index contributed by atoms with van der Waals surface area (Å²) in [4.78, 5) is 12.0. The Balaban J connectivity index is 1.91. The first-order chi connectivity index (χ1) is 10.8. The molecule has 1 aromatic carbocycles. The van der Waals surface area contributed by atoms with Crippen molar-refractivity contribution in [3.05, 3.63) is 29.3 Å². The molecule has 0 heterocycles. The lowest BCUT2D eigenvalue weighted by atomic mass is 9.86. The third kappa shape index (κ3) is 4.88. The lowest BCUT2D eigenvalue weighted by Gasteiger charge is -2.29. The third-order valence-corrected chi connectivity index (χ3v) is 4.45. The standard InChI is InChI=1S/C17H23F3N2O/c1-11-7-8-13(9-14(11)17(18,19)20)21-10-16(23)22-15-6-4-3-5-12(15)2/h7-9,12,15,21H,3-6,10H2,1-2H3,(H,22,23). The highest BCUT2D eigenvalue weighted by atomic mass is 19.4. The average Bonchev–Trinajstić information content (AvgIpc) is 2.47. The fraction of sp³-hybridized carbons (Fsp3) is 0.588. The summed E-state index contributed by atoms with van der Waals surface area (Å²) in [5, 5.41) is 5.75. The van der Waals surface area contributed by atoms with Crippen molar-refractivity contribution in [2.45, 2.75) is 51.7 Å². The van der Waals surface area contributed by atoms with Gasteiger partial charge in [0.1, 0.15) is 0 Å². The molecule has 0 saturated heterocycles. The topological polar surface area (TPSA) is 41.1 Å². The fourth-order valence-electron chi connectivity index (χ4n) is 3.01. The van der Waals surface area contributed by atoms with E-state index < -0.39 is 11.7 Å². The third-order valence-electron chi connectivity index (χ3n) is 4.45. The van der Waals surface area contributed by atoms with Crippen LogP contribution < -0.4 is 10.6 Å². The van der Waals surface area contributed by atoms with Gasteiger partial charge in [0.25, 0.3) is 0 Å². The van der Waals surface area contributed by atoms with E-state index in [9.17, 15) is 18.0 Å². The number of alkyl halides is 3. The minimum atomic E-state index is -4.39. The Bertz CT molecular complexity index is 557. The first-order valence-electron chi connectivity index (χ1n) is 7.98. The van der Waals surface area contributed by atoms with E-state index in [-0.39, 0.29) is 24.1 Å². The number of hydrogen-bond acceptors (Lipinski definition) is 2. The fourth-order valence-corrected chi connectivity index (χ4v) is 3.01. The van der Waals surface area contributed by atoms with Gasteiger partial charge in [0, 0.05) is 11.7 Å². The van der Waals surface area contributed by atoms with Gasteiger partial charge in [-0.1, -0.05) is 25.8 Å². The Hall–Kier alpha value is -1.72. The largest absolute Gasteiger partial charge is 0.416 e. The molecule has 2 atom stereocenters. The van der Waals surface area contributed by atoms with Crippen LogP contribution in [-0.4, -0.2) is 18.5 Å². The summed E-state index contributed by atoms with van der Waals surface area (Å²) in [7, 11) is 0. The lowest BCUT2D eigenvalue weighted by Crippen LogP contribution is -2.43. The number of anilines is 1. The number of aryl methyl sites for hydroxylation is 1. The van der Waals surface area contributed by atoms with Crippen molar-refractivity contribution in [3.63, 3.8) is 0 Å². The van der Waals surface area contributed by atoms with Crippen molar-refractivity contribution < 1.29 is 18.0 Å². The monoisotopic (exact) mass is 328 g/mol. The van der Waals surface area contributed by atoms with Crippen LogP contribution in [0.2, 0.25) is 0 Å². The van der Waals surface area contributed by atoms with E-state index in [0.717, 1.165) is 25.3 Å². The molecule has 0 radical (unpaired) electrons. The molecule has 1 saturated carbocycles. The normalized spacial score (nSPS) is 21.8. The quantitative estimate of drug-likeness (QED) is 0.873. The van der Waals surface area contributed by atoms with Crippen LogP contribution in [0.1, 0.15) is 43.7 Å². The highest BCUT2D eigenvalue weighted by Crippen LogP contribution is 2.33. The molecule has 1 aromatic rings. The molecular formula is C17H23F3N2O. The van der Waals surface area contributed by atoms with Crippen molar-refractivity contribution in [1.82, 2.24) is 5.32 Å². The van der Waals surface area contributed by atoms with Crippen molar-refractivity contribution >= 4 is 11.6 Å². The van der Waals surface area contributed by atoms with Crippen LogP contribution in [0.3, 0.4) is 0 Å². The van der Waals surface area contributed by atoms with E-state index in [2.05, 4.69) is 17.6 Å². The van der Waals surface area contributed by atoms with Gasteiger partial charge in [-0.15, -0.1) is 0 Å². The van der Waals surface area contributed by atoms with Crippen LogP contribution in [0, 0.1) is 12.8 Å². The van der Waals surface area contributed by atoms with E-state index in [4.69, 9.17) is 0 Å². The minimum absolute atomic E-state index is 0.0242. The molecule has 0 aromatic heterocycles. The molecule has 2 unspecified atom stereocenters. The number of benzene rings is 1. The Morgan fingerprint density at radius 2 is 1.96 bits per heavy atom. The molecule has 1 fully saturated rings. The second-order valence-electron chi connectivity index (χ2n) is 6.32. The first kappa shape index (κ1) is 17.6. The van der Waals surface area contributed by atoms with E-state index in [1.165, 1.54) is 19.4 Å². The lowest BCUT2D eigenvalue weighted by molar-refractivity contribution is -0.138. The maximum absolute atomic E-state index is 12.9. The molecule has 2 rings (SSSR count). The van der Waals surface area contributed by atoms with Crippen LogP contribution in [0.4, 0.5) is 18.9 Å². The SMILES string of the molecule is Cc1ccc(NCC(=O)NC2CCCCC2C)cc1C(F)(F)F. The number of nitrogens with one attached hydrogen (secondary N) is 2. The zero-order valence-electron chi connectivity index (χ0n) is 13.5. The maximum Gasteiger partial charge on any atom is 0.416 e. The number of carbonyl (C=O) groups is 1. The summed E-state index contributed by atoms with van der Waals surface area (Å²) < 4.78 is 38.6. The molecule has 0 bridgehead atoms. The molecule has 6 heteroatoms. The van der Waals surface area contributed by atoms with Crippen LogP contribution >= 0.6 is 0 Å². The zero-order chi connectivity index (χ0) is 17.0. The van der Waals surface area contributed by atoms with Crippen LogP contribution in [0.5, 0.6) is 0 Å². The second kappa shape index (κ2) is 7.23. The average molecular weight is 328 g/mol. The highest BCUT2D eigenvalue weighted by Gasteiger charge is 2.32. The van der Waals surface area contributed by atoms with E-state index in [1.807, 2.05) is 0 Å². The molecule has 3 nitrogen and oxygen atoms in total. The molecule has 2 N–H and O–H groups in total. The van der Waals surface area contributed by atoms with Crippen LogP contribution in [0.25, 0.3) is 0 Å². The van der Waals surface area contributed by atoms with Gasteiger partial charge in [-0.05, 0) is 43.4 Å². The molecule has 23 heavy (non-hydrogen) atoms. The van der Waals surface area contributed by atoms with Gasteiger partial charge in [-0.25, -0.2) is 0 Å². The Labute approximate surface area is 134 Å². The van der Waals surface area contributed by atoms with Crippen molar-refractivity contribution in [1.29, 1.82) is 0 Å². The predicted molar refractivity (Wildman–Crippen MR) is 84.2 cm³/mol. The number of rotatable bonds is 4. The Morgan fingerprint density at radius 1 is 1.26 bits per heavy atom. The Kier molecular flexibility index (Phi) is 5.55. The van der Waals surface area contributed by atoms with Gasteiger partial charge in [0.05, 0.1) is 12.1 Å². The molecule has 128 valence electrons. The summed E-state index contributed by atoms with van der Waals surface area (Å²) >= 11 is 0. The van der Waals surface area contributed by atoms with Gasteiger partial charge >= 0.3 is 6.18 Å². The molecule has 0 spiro atoms. The van der Waals surface area contributed by atoms with Crippen molar-refractivity contribution in [3.8, 4) is 0 Å². The van der Waals surface area contributed by atoms with Gasteiger partial charge in [-0.2, -0.15) is 13.2 Å². The smallest absolute Gasteiger partial charge is 0.376 e. The summed E-state index contributed by atoms with van der Waals surface area (Å²) in [6.45, 7) is 3.51. The summed E-state index contributed by atoms with van der Waals surface area (Å²) in [6, 6.07) is 4.18. The predicted octanol–water partition coefficient (Wildman–Crippen LogP) is 4.12. The van der Waals surface area contributed by atoms with Crippen LogP contribution in [0.15, 0.2) is 18.2 Å². The van der Waals surface area contributed by atoms with Gasteiger partial charge in [0.2, 0.25) is 5.91 Å². The van der Waals surface area contributed by atoms with E-state index in [1.54, 1.807) is 6.07 Å². The molecule has 1 amide bonds. The zero-order valence-corrected chi connectivity index (χ0v) is 13.5. The maximum atomic E-state index is 12.9. The first-order valence-corrected chi connectivity index (χ1v) is 7.98. The second-order valence-corrected chi connectivity index (χ2v) is 6.32. The van der Waals surface area contributed by atoms with Gasteiger partial charge in [0.15, 0.2) is 0 Å².